The third-order valence-electron chi connectivity index (χ3n) is 2.18. The van der Waals surface area contributed by atoms with Gasteiger partial charge < -0.3 is 4.98 Å². The first-order chi connectivity index (χ1) is 6.07. The quantitative estimate of drug-likeness (QED) is 0.656. The highest BCUT2D eigenvalue weighted by Crippen LogP contribution is 2.21. The van der Waals surface area contributed by atoms with E-state index in [9.17, 15) is 0 Å². The maximum Gasteiger partial charge on any atom is 0.137 e. The van der Waals surface area contributed by atoms with Crippen LogP contribution in [0.5, 0.6) is 0 Å². The van der Waals surface area contributed by atoms with Crippen molar-refractivity contribution in [2.45, 2.75) is 26.2 Å². The van der Waals surface area contributed by atoms with Crippen LogP contribution in [-0.4, -0.2) is 9.97 Å². The molecule has 2 rings (SSSR count). The molecule has 0 spiro atoms. The Morgan fingerprint density at radius 2 is 2.00 bits per heavy atom. The second-order valence-electron chi connectivity index (χ2n) is 4.36. The number of aromatic amines is 1. The Morgan fingerprint density at radius 3 is 2.69 bits per heavy atom. The second kappa shape index (κ2) is 2.59. The first kappa shape index (κ1) is 8.30. The van der Waals surface area contributed by atoms with Crippen molar-refractivity contribution < 1.29 is 1.43 Å². The van der Waals surface area contributed by atoms with Crippen LogP contribution < -0.4 is 0 Å². The van der Waals surface area contributed by atoms with Gasteiger partial charge in [-0.1, -0.05) is 20.8 Å². The van der Waals surface area contributed by atoms with Crippen LogP contribution in [0.25, 0.3) is 11.0 Å². The summed E-state index contributed by atoms with van der Waals surface area (Å²) in [5.74, 6) is 0. The number of fused-ring (bicyclic) bond motifs is 1. The predicted molar refractivity (Wildman–Crippen MR) is 56.9 cm³/mol. The monoisotopic (exact) mass is 176 g/mol. The molecule has 0 saturated carbocycles. The fourth-order valence-corrected chi connectivity index (χ4v) is 1.35. The molecular formula is C11H16N2. The number of hydrogen-bond donors (Lipinski definition) is 1. The minimum Gasteiger partial charge on any atom is -0.346 e. The molecule has 0 aliphatic carbocycles. The molecule has 0 aliphatic rings. The number of aromatic nitrogens is 2. The summed E-state index contributed by atoms with van der Waals surface area (Å²) in [4.78, 5) is 7.67. The Hall–Kier alpha value is -1.31. The summed E-state index contributed by atoms with van der Waals surface area (Å²) in [5.41, 5.74) is 2.23. The summed E-state index contributed by atoms with van der Waals surface area (Å²) in [6.45, 7) is 6.51. The van der Waals surface area contributed by atoms with Crippen molar-refractivity contribution in [3.8, 4) is 0 Å². The highest BCUT2D eigenvalue weighted by atomic mass is 14.9. The van der Waals surface area contributed by atoms with Crippen molar-refractivity contribution in [3.05, 3.63) is 30.1 Å². The molecule has 0 unspecified atom stereocenters. The molecule has 0 aliphatic heterocycles. The van der Waals surface area contributed by atoms with E-state index in [0.29, 0.717) is 0 Å². The van der Waals surface area contributed by atoms with Gasteiger partial charge in [-0.3, -0.25) is 0 Å². The smallest absolute Gasteiger partial charge is 0.137 e. The molecule has 13 heavy (non-hydrogen) atoms. The van der Waals surface area contributed by atoms with Gasteiger partial charge in [-0.15, -0.1) is 0 Å². The van der Waals surface area contributed by atoms with Crippen LogP contribution in [0.1, 0.15) is 27.9 Å². The van der Waals surface area contributed by atoms with Gasteiger partial charge in [-0.2, -0.15) is 0 Å². The number of rotatable bonds is 0. The maximum absolute atomic E-state index is 4.55. The number of H-pyrrole nitrogens is 1. The summed E-state index contributed by atoms with van der Waals surface area (Å²) in [6, 6.07) is 6.24. The van der Waals surface area contributed by atoms with E-state index >= 15 is 0 Å². The summed E-state index contributed by atoms with van der Waals surface area (Å²) in [6.07, 6.45) is 1.92. The Kier molecular flexibility index (Phi) is 1.65. The lowest BCUT2D eigenvalue weighted by molar-refractivity contribution is 0.571. The van der Waals surface area contributed by atoms with E-state index in [2.05, 4.69) is 42.9 Å². The van der Waals surface area contributed by atoms with Gasteiger partial charge in [0.25, 0.3) is 0 Å². The molecule has 2 heteroatoms. The SMILES string of the molecule is CC(C)(C)c1ccc2cc[nH]c2n1.[HH]. The zero-order valence-electron chi connectivity index (χ0n) is 8.26. The van der Waals surface area contributed by atoms with Gasteiger partial charge in [0, 0.05) is 24.1 Å². The van der Waals surface area contributed by atoms with E-state index in [-0.39, 0.29) is 6.84 Å². The van der Waals surface area contributed by atoms with E-state index in [0.717, 1.165) is 11.3 Å². The van der Waals surface area contributed by atoms with Crippen LogP contribution in [-0.2, 0) is 5.41 Å². The maximum atomic E-state index is 4.55. The normalized spacial score (nSPS) is 12.2. The fraction of sp³-hybridized carbons (Fsp3) is 0.364. The van der Waals surface area contributed by atoms with Gasteiger partial charge in [0.2, 0.25) is 0 Å². The zero-order chi connectivity index (χ0) is 9.47. The van der Waals surface area contributed by atoms with Crippen molar-refractivity contribution >= 4 is 11.0 Å². The topological polar surface area (TPSA) is 28.7 Å². The van der Waals surface area contributed by atoms with Gasteiger partial charge in [0.1, 0.15) is 5.65 Å². The number of hydrogen-bond acceptors (Lipinski definition) is 1. The Bertz CT molecular complexity index is 426. The second-order valence-corrected chi connectivity index (χ2v) is 4.36. The van der Waals surface area contributed by atoms with Crippen molar-refractivity contribution in [2.75, 3.05) is 0 Å². The van der Waals surface area contributed by atoms with Crippen LogP contribution in [0.4, 0.5) is 0 Å². The first-order valence-electron chi connectivity index (χ1n) is 4.52. The third kappa shape index (κ3) is 1.44. The molecule has 0 amide bonds. The molecule has 0 bridgehead atoms. The van der Waals surface area contributed by atoms with Crippen molar-refractivity contribution in [2.24, 2.45) is 0 Å². The molecule has 2 nitrogen and oxygen atoms in total. The predicted octanol–water partition coefficient (Wildman–Crippen LogP) is 3.11. The van der Waals surface area contributed by atoms with Gasteiger partial charge in [0.15, 0.2) is 0 Å². The van der Waals surface area contributed by atoms with Crippen molar-refractivity contribution in [3.63, 3.8) is 0 Å². The molecule has 0 fully saturated rings. The summed E-state index contributed by atoms with van der Waals surface area (Å²) >= 11 is 0. The zero-order valence-corrected chi connectivity index (χ0v) is 8.26. The van der Waals surface area contributed by atoms with E-state index in [1.54, 1.807) is 0 Å². The van der Waals surface area contributed by atoms with Crippen LogP contribution in [0.3, 0.4) is 0 Å². The van der Waals surface area contributed by atoms with Gasteiger partial charge in [0.05, 0.1) is 0 Å². The van der Waals surface area contributed by atoms with Gasteiger partial charge in [-0.25, -0.2) is 4.98 Å². The number of pyridine rings is 1. The highest BCUT2D eigenvalue weighted by Gasteiger charge is 2.15. The Balaban J connectivity index is 0.000000980. The van der Waals surface area contributed by atoms with E-state index < -0.39 is 0 Å². The molecule has 70 valence electrons. The minimum absolute atomic E-state index is 0. The molecule has 2 aromatic rings. The van der Waals surface area contributed by atoms with Crippen LogP contribution in [0.15, 0.2) is 24.4 Å². The van der Waals surface area contributed by atoms with Crippen LogP contribution >= 0.6 is 0 Å². The molecule has 0 saturated heterocycles. The van der Waals surface area contributed by atoms with E-state index in [1.165, 1.54) is 5.39 Å². The highest BCUT2D eigenvalue weighted by molar-refractivity contribution is 5.75. The molecule has 0 aromatic carbocycles. The van der Waals surface area contributed by atoms with Crippen molar-refractivity contribution in [1.29, 1.82) is 0 Å². The van der Waals surface area contributed by atoms with Crippen LogP contribution in [0.2, 0.25) is 0 Å². The minimum atomic E-state index is 0. The summed E-state index contributed by atoms with van der Waals surface area (Å²) < 4.78 is 0. The molecule has 1 N–H and O–H groups in total. The van der Waals surface area contributed by atoms with Crippen molar-refractivity contribution in [1.82, 2.24) is 9.97 Å². The average molecular weight is 176 g/mol. The number of nitrogens with one attached hydrogen (secondary N) is 1. The lowest BCUT2D eigenvalue weighted by Crippen LogP contribution is -2.13. The van der Waals surface area contributed by atoms with Gasteiger partial charge >= 0.3 is 0 Å². The molecule has 2 aromatic heterocycles. The standard InChI is InChI=1S/C11H14N2.H2/c1-11(2,3)9-5-4-8-6-7-12-10(8)13-9;/h4-7H,1-3H3,(H,12,13);1H. The van der Waals surface area contributed by atoms with Gasteiger partial charge in [-0.05, 0) is 18.2 Å². The van der Waals surface area contributed by atoms with E-state index in [1.807, 2.05) is 12.3 Å². The molecule has 0 atom stereocenters. The summed E-state index contributed by atoms with van der Waals surface area (Å²) in [7, 11) is 0. The number of nitrogens with zero attached hydrogens (tertiary/aromatic N) is 1. The largest absolute Gasteiger partial charge is 0.346 e. The lowest BCUT2D eigenvalue weighted by Gasteiger charge is -2.17. The van der Waals surface area contributed by atoms with Crippen LogP contribution in [0, 0.1) is 0 Å². The molecule has 2 heterocycles. The average Bonchev–Trinajstić information content (AvgIpc) is 2.47. The fourth-order valence-electron chi connectivity index (χ4n) is 1.35. The summed E-state index contributed by atoms with van der Waals surface area (Å²) in [5, 5.41) is 1.17. The first-order valence-corrected chi connectivity index (χ1v) is 4.52. The van der Waals surface area contributed by atoms with E-state index in [4.69, 9.17) is 0 Å². The molecular weight excluding hydrogens is 160 g/mol. The third-order valence-corrected chi connectivity index (χ3v) is 2.18. The Morgan fingerprint density at radius 1 is 1.23 bits per heavy atom. The lowest BCUT2D eigenvalue weighted by atomic mass is 9.91. The Labute approximate surface area is 79.5 Å². The molecule has 0 radical (unpaired) electrons.